The van der Waals surface area contributed by atoms with Crippen molar-refractivity contribution in [2.75, 3.05) is 20.0 Å². The van der Waals surface area contributed by atoms with Crippen LogP contribution in [0.3, 0.4) is 0 Å². The zero-order valence-electron chi connectivity index (χ0n) is 8.50. The van der Waals surface area contributed by atoms with Gasteiger partial charge in [-0.15, -0.1) is 11.8 Å². The van der Waals surface area contributed by atoms with E-state index in [1.807, 2.05) is 0 Å². The van der Waals surface area contributed by atoms with Crippen LogP contribution in [-0.2, 0) is 9.47 Å². The first-order chi connectivity index (χ1) is 7.17. The van der Waals surface area contributed by atoms with Gasteiger partial charge < -0.3 is 9.47 Å². The maximum absolute atomic E-state index is 13.2. The average molecular weight is 234 g/mol. The second-order valence-corrected chi connectivity index (χ2v) is 3.85. The molecule has 0 aromatic heterocycles. The molecule has 2 nitrogen and oxygen atoms in total. The topological polar surface area (TPSA) is 18.5 Å². The summed E-state index contributed by atoms with van der Waals surface area (Å²) in [4.78, 5) is 0.258. The van der Waals surface area contributed by atoms with Crippen molar-refractivity contribution < 1.29 is 18.3 Å². The zero-order valence-corrected chi connectivity index (χ0v) is 9.31. The average Bonchev–Trinajstić information content (AvgIpc) is 2.24. The first kappa shape index (κ1) is 12.4. The lowest BCUT2D eigenvalue weighted by Gasteiger charge is -2.12. The van der Waals surface area contributed by atoms with Crippen molar-refractivity contribution in [2.24, 2.45) is 0 Å². The summed E-state index contributed by atoms with van der Waals surface area (Å²) in [6.07, 6.45) is -0.419. The minimum Gasteiger partial charge on any atom is -0.355 e. The second-order valence-electron chi connectivity index (χ2n) is 2.79. The molecule has 0 atom stereocenters. The summed E-state index contributed by atoms with van der Waals surface area (Å²) in [5.74, 6) is -0.481. The molecule has 0 unspecified atom stereocenters. The van der Waals surface area contributed by atoms with Crippen LogP contribution in [0.25, 0.3) is 0 Å². The number of thioether (sulfide) groups is 1. The number of rotatable bonds is 5. The van der Waals surface area contributed by atoms with Crippen molar-refractivity contribution >= 4 is 11.8 Å². The fraction of sp³-hybridized carbons (Fsp3) is 0.400. The Hall–Kier alpha value is -0.650. The highest BCUT2D eigenvalue weighted by Crippen LogP contribution is 2.23. The lowest BCUT2D eigenvalue weighted by atomic mass is 10.3. The van der Waals surface area contributed by atoms with Crippen LogP contribution in [0.15, 0.2) is 23.1 Å². The Morgan fingerprint density at radius 3 is 2.53 bits per heavy atom. The molecule has 0 N–H and O–H groups in total. The van der Waals surface area contributed by atoms with Gasteiger partial charge in [-0.1, -0.05) is 0 Å². The summed E-state index contributed by atoms with van der Waals surface area (Å²) in [6, 6.07) is 3.35. The highest BCUT2D eigenvalue weighted by molar-refractivity contribution is 7.99. The fourth-order valence-corrected chi connectivity index (χ4v) is 1.97. The van der Waals surface area contributed by atoms with E-state index in [1.165, 1.54) is 14.2 Å². The monoisotopic (exact) mass is 234 g/mol. The Labute approximate surface area is 91.6 Å². The van der Waals surface area contributed by atoms with Crippen LogP contribution in [0.5, 0.6) is 0 Å². The molecule has 0 saturated carbocycles. The first-order valence-electron chi connectivity index (χ1n) is 4.30. The third kappa shape index (κ3) is 3.77. The van der Waals surface area contributed by atoms with Crippen LogP contribution in [-0.4, -0.2) is 26.3 Å². The minimum absolute atomic E-state index is 0.258. The van der Waals surface area contributed by atoms with E-state index in [2.05, 4.69) is 0 Å². The number of ether oxygens (including phenoxy) is 2. The summed E-state index contributed by atoms with van der Waals surface area (Å²) < 4.78 is 35.8. The molecule has 0 spiro atoms. The maximum Gasteiger partial charge on any atom is 0.166 e. The molecule has 5 heteroatoms. The summed E-state index contributed by atoms with van der Waals surface area (Å²) in [5, 5.41) is 0. The highest BCUT2D eigenvalue weighted by atomic mass is 32.2. The van der Waals surface area contributed by atoms with Crippen molar-refractivity contribution in [3.05, 3.63) is 29.8 Å². The molecule has 15 heavy (non-hydrogen) atoms. The van der Waals surface area contributed by atoms with E-state index in [1.54, 1.807) is 0 Å². The standard InChI is InChI=1S/C10H12F2O2S/c1-13-10(14-2)6-15-9-5-7(11)3-4-8(9)12/h3-5,10H,6H2,1-2H3. The van der Waals surface area contributed by atoms with Gasteiger partial charge in [0.2, 0.25) is 0 Å². The van der Waals surface area contributed by atoms with Gasteiger partial charge in [0.1, 0.15) is 11.6 Å². The molecular formula is C10H12F2O2S. The summed E-state index contributed by atoms with van der Waals surface area (Å²) in [6.45, 7) is 0. The molecule has 0 amide bonds. The SMILES string of the molecule is COC(CSc1cc(F)ccc1F)OC. The highest BCUT2D eigenvalue weighted by Gasteiger charge is 2.09. The fourth-order valence-electron chi connectivity index (χ4n) is 0.978. The molecule has 0 fully saturated rings. The molecule has 0 aliphatic carbocycles. The van der Waals surface area contributed by atoms with Crippen LogP contribution in [0.2, 0.25) is 0 Å². The Morgan fingerprint density at radius 1 is 1.27 bits per heavy atom. The van der Waals surface area contributed by atoms with Crippen molar-refractivity contribution in [2.45, 2.75) is 11.2 Å². The van der Waals surface area contributed by atoms with Crippen molar-refractivity contribution in [3.8, 4) is 0 Å². The maximum atomic E-state index is 13.2. The second kappa shape index (κ2) is 6.05. The van der Waals surface area contributed by atoms with Crippen LogP contribution in [0.1, 0.15) is 0 Å². The molecule has 0 aliphatic heterocycles. The van der Waals surface area contributed by atoms with Crippen LogP contribution in [0, 0.1) is 11.6 Å². The molecule has 84 valence electrons. The van der Waals surface area contributed by atoms with Crippen molar-refractivity contribution in [1.29, 1.82) is 0 Å². The van der Waals surface area contributed by atoms with E-state index < -0.39 is 17.9 Å². The normalized spacial score (nSPS) is 11.0. The Morgan fingerprint density at radius 2 is 1.93 bits per heavy atom. The van der Waals surface area contributed by atoms with E-state index in [9.17, 15) is 8.78 Å². The third-order valence-corrected chi connectivity index (χ3v) is 2.86. The molecule has 0 bridgehead atoms. The van der Waals surface area contributed by atoms with E-state index in [4.69, 9.17) is 9.47 Å². The van der Waals surface area contributed by atoms with Crippen LogP contribution in [0.4, 0.5) is 8.78 Å². The molecule has 1 rings (SSSR count). The number of methoxy groups -OCH3 is 2. The molecule has 0 aliphatic rings. The van der Waals surface area contributed by atoms with Crippen molar-refractivity contribution in [1.82, 2.24) is 0 Å². The molecule has 1 aromatic rings. The summed E-state index contributed by atoms with van der Waals surface area (Å²) in [7, 11) is 2.99. The number of hydrogen-bond donors (Lipinski definition) is 0. The van der Waals surface area contributed by atoms with Crippen LogP contribution < -0.4 is 0 Å². The lowest BCUT2D eigenvalue weighted by Crippen LogP contribution is -2.15. The van der Waals surface area contributed by atoms with Crippen LogP contribution >= 0.6 is 11.8 Å². The molecule has 0 saturated heterocycles. The summed E-state index contributed by atoms with van der Waals surface area (Å²) >= 11 is 1.15. The molecule has 0 radical (unpaired) electrons. The van der Waals surface area contributed by atoms with Gasteiger partial charge in [-0.3, -0.25) is 0 Å². The minimum atomic E-state index is -0.453. The number of benzene rings is 1. The van der Waals surface area contributed by atoms with Gasteiger partial charge in [-0.25, -0.2) is 8.78 Å². The number of hydrogen-bond acceptors (Lipinski definition) is 3. The zero-order chi connectivity index (χ0) is 11.3. The van der Waals surface area contributed by atoms with Gasteiger partial charge in [0.15, 0.2) is 6.29 Å². The Bertz CT molecular complexity index is 316. The smallest absolute Gasteiger partial charge is 0.166 e. The lowest BCUT2D eigenvalue weighted by molar-refractivity contribution is -0.0842. The quantitative estimate of drug-likeness (QED) is 0.576. The molecular weight excluding hydrogens is 222 g/mol. The molecule has 0 heterocycles. The van der Waals surface area contributed by atoms with E-state index in [-0.39, 0.29) is 4.90 Å². The van der Waals surface area contributed by atoms with Gasteiger partial charge in [-0.2, -0.15) is 0 Å². The Kier molecular flexibility index (Phi) is 5.01. The van der Waals surface area contributed by atoms with Gasteiger partial charge in [0.05, 0.1) is 0 Å². The summed E-state index contributed by atoms with van der Waals surface area (Å²) in [5.41, 5.74) is 0. The first-order valence-corrected chi connectivity index (χ1v) is 5.29. The van der Waals surface area contributed by atoms with Gasteiger partial charge in [-0.05, 0) is 18.2 Å². The van der Waals surface area contributed by atoms with Gasteiger partial charge >= 0.3 is 0 Å². The van der Waals surface area contributed by atoms with E-state index >= 15 is 0 Å². The predicted octanol–water partition coefficient (Wildman–Crippen LogP) is 2.68. The number of halogens is 2. The van der Waals surface area contributed by atoms with E-state index in [0.717, 1.165) is 30.0 Å². The Balaban J connectivity index is 2.60. The van der Waals surface area contributed by atoms with Gasteiger partial charge in [0.25, 0.3) is 0 Å². The van der Waals surface area contributed by atoms with Gasteiger partial charge in [0, 0.05) is 24.9 Å². The van der Waals surface area contributed by atoms with E-state index in [0.29, 0.717) is 5.75 Å². The van der Waals surface area contributed by atoms with Crippen molar-refractivity contribution in [3.63, 3.8) is 0 Å². The third-order valence-electron chi connectivity index (χ3n) is 1.79. The predicted molar refractivity (Wildman–Crippen MR) is 54.9 cm³/mol. The largest absolute Gasteiger partial charge is 0.355 e. The molecule has 1 aromatic carbocycles.